The lowest BCUT2D eigenvalue weighted by molar-refractivity contribution is -0.118. The monoisotopic (exact) mass is 637 g/mol. The molecule has 4 aliphatic rings. The Kier molecular flexibility index (Phi) is 8.15. The number of likely N-dealkylation sites (N-methyl/N-ethyl adjacent to an activating group) is 2. The molecule has 1 N–H and O–H groups in total. The molecule has 1 atom stereocenters. The van der Waals surface area contributed by atoms with Crippen molar-refractivity contribution in [2.45, 2.75) is 61.3 Å². The van der Waals surface area contributed by atoms with E-state index in [0.717, 1.165) is 86.6 Å². The molecule has 2 saturated carbocycles. The van der Waals surface area contributed by atoms with E-state index in [4.69, 9.17) is 4.98 Å². The van der Waals surface area contributed by atoms with Crippen LogP contribution in [0.4, 0.5) is 10.9 Å². The minimum absolute atomic E-state index is 0.0119. The Bertz CT molecular complexity index is 1610. The van der Waals surface area contributed by atoms with Crippen molar-refractivity contribution in [3.8, 4) is 0 Å². The number of sulfonamides is 1. The van der Waals surface area contributed by atoms with Gasteiger partial charge in [-0.25, -0.2) is 18.4 Å². The van der Waals surface area contributed by atoms with Crippen LogP contribution in [0.3, 0.4) is 0 Å². The van der Waals surface area contributed by atoms with E-state index in [0.29, 0.717) is 29.0 Å². The van der Waals surface area contributed by atoms with Gasteiger partial charge in [0.2, 0.25) is 15.9 Å². The van der Waals surface area contributed by atoms with E-state index in [2.05, 4.69) is 39.1 Å². The molecule has 2 aliphatic carbocycles. The average Bonchev–Trinajstić information content (AvgIpc) is 3.40. The summed E-state index contributed by atoms with van der Waals surface area (Å²) < 4.78 is 28.8. The minimum atomic E-state index is -3.59. The van der Waals surface area contributed by atoms with E-state index in [1.54, 1.807) is 16.4 Å². The number of piperazine rings is 2. The van der Waals surface area contributed by atoms with Gasteiger partial charge in [-0.1, -0.05) is 49.2 Å². The normalized spacial score (nSPS) is 22.5. The molecule has 4 heterocycles. The van der Waals surface area contributed by atoms with Gasteiger partial charge in [-0.05, 0) is 69.1 Å². The predicted molar refractivity (Wildman–Crippen MR) is 175 cm³/mol. The van der Waals surface area contributed by atoms with E-state index >= 15 is 0 Å². The number of nitrogens with one attached hydrogen (secondary N) is 1. The van der Waals surface area contributed by atoms with Crippen molar-refractivity contribution in [2.75, 3.05) is 70.1 Å². The molecule has 44 heavy (non-hydrogen) atoms. The van der Waals surface area contributed by atoms with Gasteiger partial charge < -0.3 is 15.1 Å². The lowest BCUT2D eigenvalue weighted by atomic mass is 9.87. The van der Waals surface area contributed by atoms with Crippen molar-refractivity contribution in [1.29, 1.82) is 0 Å². The van der Waals surface area contributed by atoms with Crippen LogP contribution in [0.2, 0.25) is 0 Å². The maximum atomic E-state index is 13.9. The maximum Gasteiger partial charge on any atom is 0.243 e. The van der Waals surface area contributed by atoms with Crippen molar-refractivity contribution in [2.24, 2.45) is 5.92 Å². The van der Waals surface area contributed by atoms with Crippen molar-refractivity contribution in [1.82, 2.24) is 24.1 Å². The minimum Gasteiger partial charge on any atom is -0.354 e. The summed E-state index contributed by atoms with van der Waals surface area (Å²) in [4.78, 5) is 31.5. The Morgan fingerprint density at radius 2 is 1.70 bits per heavy atom. The third-order valence-corrected chi connectivity index (χ3v) is 13.1. The van der Waals surface area contributed by atoms with Gasteiger partial charge in [0.25, 0.3) is 0 Å². The first-order valence-corrected chi connectivity index (χ1v) is 18.3. The number of rotatable bonds is 8. The molecule has 1 aromatic carbocycles. The van der Waals surface area contributed by atoms with Crippen LogP contribution in [0.25, 0.3) is 10.3 Å². The zero-order valence-corrected chi connectivity index (χ0v) is 27.4. The van der Waals surface area contributed by atoms with Crippen molar-refractivity contribution in [3.05, 3.63) is 42.0 Å². The van der Waals surface area contributed by atoms with Gasteiger partial charge in [-0.3, -0.25) is 9.69 Å². The topological polar surface area (TPSA) is 102 Å². The summed E-state index contributed by atoms with van der Waals surface area (Å²) in [6.07, 6.45) is 7.49. The number of fused-ring (bicyclic) bond motifs is 1. The fraction of sp³-hybridized carbons (Fsp3) is 0.594. The number of benzene rings is 1. The maximum absolute atomic E-state index is 13.9. The first-order chi connectivity index (χ1) is 21.2. The number of aromatic nitrogens is 2. The molecule has 10 nitrogen and oxygen atoms in total. The van der Waals surface area contributed by atoms with Crippen LogP contribution in [0, 0.1) is 5.92 Å². The van der Waals surface area contributed by atoms with Gasteiger partial charge in [-0.2, -0.15) is 4.31 Å². The summed E-state index contributed by atoms with van der Waals surface area (Å²) in [6, 6.07) is 11.1. The summed E-state index contributed by atoms with van der Waals surface area (Å²) in [5.41, 5.74) is 1.64. The molecule has 1 spiro atoms. The summed E-state index contributed by atoms with van der Waals surface area (Å²) in [6.45, 7) is 5.70. The van der Waals surface area contributed by atoms with Gasteiger partial charge in [-0.15, -0.1) is 0 Å². The van der Waals surface area contributed by atoms with Crippen LogP contribution in [0.5, 0.6) is 0 Å². The first-order valence-electron chi connectivity index (χ1n) is 16.0. The molecule has 0 bridgehead atoms. The zero-order chi connectivity index (χ0) is 30.5. The summed E-state index contributed by atoms with van der Waals surface area (Å²) in [5.74, 6) is 0.956. The molecule has 1 amide bonds. The molecule has 4 fully saturated rings. The summed E-state index contributed by atoms with van der Waals surface area (Å²) in [7, 11) is 0.639. The molecule has 236 valence electrons. The second-order valence-corrected chi connectivity index (χ2v) is 16.2. The number of hydrogen-bond donors (Lipinski definition) is 1. The highest BCUT2D eigenvalue weighted by atomic mass is 32.2. The van der Waals surface area contributed by atoms with Gasteiger partial charge in [0.05, 0.1) is 10.8 Å². The molecule has 1 unspecified atom stereocenters. The largest absolute Gasteiger partial charge is 0.354 e. The second kappa shape index (κ2) is 11.9. The molecule has 2 aromatic heterocycles. The molecular weight excluding hydrogens is 595 g/mol. The number of pyridine rings is 1. The number of hydrogen-bond acceptors (Lipinski definition) is 9. The Balaban J connectivity index is 1.08. The van der Waals surface area contributed by atoms with Gasteiger partial charge in [0.15, 0.2) is 5.13 Å². The molecular formula is C32H43N7O3S2. The molecule has 12 heteroatoms. The molecule has 7 rings (SSSR count). The quantitative estimate of drug-likeness (QED) is 0.392. The van der Waals surface area contributed by atoms with Crippen molar-refractivity contribution < 1.29 is 13.2 Å². The second-order valence-electron chi connectivity index (χ2n) is 13.3. The highest BCUT2D eigenvalue weighted by molar-refractivity contribution is 7.89. The number of carbonyl (C=O) groups excluding carboxylic acids is 1. The van der Waals surface area contributed by atoms with E-state index in [1.807, 2.05) is 24.3 Å². The van der Waals surface area contributed by atoms with E-state index in [1.165, 1.54) is 24.2 Å². The van der Waals surface area contributed by atoms with Gasteiger partial charge in [0.1, 0.15) is 16.2 Å². The van der Waals surface area contributed by atoms with Crippen molar-refractivity contribution >= 4 is 48.6 Å². The van der Waals surface area contributed by atoms with Crippen LogP contribution >= 0.6 is 11.3 Å². The Morgan fingerprint density at radius 1 is 0.977 bits per heavy atom. The number of anilines is 2. The summed E-state index contributed by atoms with van der Waals surface area (Å²) in [5, 5.41) is 3.65. The van der Waals surface area contributed by atoms with Crippen LogP contribution in [-0.2, 0) is 14.8 Å². The van der Waals surface area contributed by atoms with Crippen LogP contribution in [0.1, 0.15) is 56.4 Å². The molecule has 2 aliphatic heterocycles. The number of nitrogens with zero attached hydrogens (tertiary/aromatic N) is 6. The number of amides is 1. The lowest BCUT2D eigenvalue weighted by Crippen LogP contribution is -2.54. The highest BCUT2D eigenvalue weighted by Gasteiger charge is 2.51. The number of thiazole rings is 1. The Morgan fingerprint density at radius 3 is 2.41 bits per heavy atom. The molecule has 2 saturated heterocycles. The first kappa shape index (κ1) is 30.0. The Labute approximate surface area is 264 Å². The molecule has 3 aromatic rings. The predicted octanol–water partition coefficient (Wildman–Crippen LogP) is 4.21. The summed E-state index contributed by atoms with van der Waals surface area (Å²) >= 11 is 1.41. The fourth-order valence-corrected chi connectivity index (χ4v) is 9.52. The van der Waals surface area contributed by atoms with E-state index in [9.17, 15) is 13.2 Å². The van der Waals surface area contributed by atoms with Crippen LogP contribution in [0.15, 0.2) is 41.3 Å². The van der Waals surface area contributed by atoms with Gasteiger partial charge in [0, 0.05) is 51.4 Å². The van der Waals surface area contributed by atoms with E-state index < -0.39 is 10.0 Å². The Hall–Kier alpha value is -2.64. The van der Waals surface area contributed by atoms with Gasteiger partial charge >= 0.3 is 0 Å². The fourth-order valence-electron chi connectivity index (χ4n) is 7.18. The lowest BCUT2D eigenvalue weighted by Gasteiger charge is -2.39. The molecule has 0 radical (unpaired) electrons. The average molecular weight is 638 g/mol. The number of carbonyl (C=O) groups is 1. The van der Waals surface area contributed by atoms with Crippen molar-refractivity contribution in [3.63, 3.8) is 0 Å². The van der Waals surface area contributed by atoms with Crippen LogP contribution < -0.4 is 10.2 Å². The smallest absolute Gasteiger partial charge is 0.243 e. The van der Waals surface area contributed by atoms with Crippen LogP contribution in [-0.4, -0.2) is 104 Å². The highest BCUT2D eigenvalue weighted by Crippen LogP contribution is 2.44. The third-order valence-electron chi connectivity index (χ3n) is 10.4. The SMILES string of the molecule is CN1CCN(c2ccc3nc(NC(=O)C(CC4CCCC4)c4ccc(S(=O)(=O)N5CCN(C)C6(CC6)C5)cc4)sc3n2)CC1. The zero-order valence-electron chi connectivity index (χ0n) is 25.7. The third kappa shape index (κ3) is 5.99. The van der Waals surface area contributed by atoms with E-state index in [-0.39, 0.29) is 17.4 Å². The standard InChI is InChI=1S/C32H43N7O3S2/c1-36-15-18-38(19-16-36)28-12-11-27-30(34-28)43-31(33-27)35-29(40)26(21-23-5-3-4-6-23)24-7-9-25(10-8-24)44(41,42)39-20-17-37(2)32(22-39)13-14-32/h7-12,23,26H,3-6,13-22H2,1-2H3,(H,33,35,40).